The number of halogens is 1. The van der Waals surface area contributed by atoms with Gasteiger partial charge in [0.25, 0.3) is 5.91 Å². The molecule has 1 amide bonds. The van der Waals surface area contributed by atoms with Crippen LogP contribution in [-0.4, -0.2) is 40.2 Å². The number of likely N-dealkylation sites (N-methyl/N-ethyl adjacent to an activating group) is 1. The first-order valence-electron chi connectivity index (χ1n) is 10.7. The number of nitrogens with one attached hydrogen (secondary N) is 1. The molecule has 7 heteroatoms. The Balaban J connectivity index is 1.48. The van der Waals surface area contributed by atoms with Crippen molar-refractivity contribution >= 4 is 39.1 Å². The minimum atomic E-state index is -0.0341. The second-order valence-electron chi connectivity index (χ2n) is 8.07. The van der Waals surface area contributed by atoms with E-state index < -0.39 is 0 Å². The fraction of sp³-hybridized carbons (Fsp3) is 0.280. The van der Waals surface area contributed by atoms with Gasteiger partial charge in [-0.2, -0.15) is 5.10 Å². The van der Waals surface area contributed by atoms with E-state index in [0.29, 0.717) is 9.90 Å². The average Bonchev–Trinajstić information content (AvgIpc) is 3.35. The second-order valence-corrected chi connectivity index (χ2v) is 9.54. The zero-order chi connectivity index (χ0) is 22.7. The first-order valence-corrected chi connectivity index (χ1v) is 11.9. The van der Waals surface area contributed by atoms with E-state index in [1.165, 1.54) is 16.9 Å². The third-order valence-corrected chi connectivity index (χ3v) is 6.96. The Morgan fingerprint density at radius 1 is 1.19 bits per heavy atom. The maximum Gasteiger partial charge on any atom is 0.261 e. The standard InChI is InChI=1S/C25H27ClN4OS/c1-4-20(16-29(2)15-17-8-6-5-7-9-17)27-24(31)22-14-21-23(28-30(3)25(21)32-22)18-10-12-19(26)13-11-18/h5-14,20H,4,15-16H2,1-3H3,(H,27,31). The molecule has 32 heavy (non-hydrogen) atoms. The van der Waals surface area contributed by atoms with E-state index >= 15 is 0 Å². The number of rotatable bonds is 8. The topological polar surface area (TPSA) is 50.2 Å². The number of amides is 1. The normalized spacial score (nSPS) is 12.4. The van der Waals surface area contributed by atoms with Gasteiger partial charge in [0.15, 0.2) is 0 Å². The Kier molecular flexibility index (Phi) is 6.94. The SMILES string of the molecule is CCC(CN(C)Cc1ccccc1)NC(=O)c1cc2c(-c3ccc(Cl)cc3)nn(C)c2s1. The predicted molar refractivity (Wildman–Crippen MR) is 133 cm³/mol. The molecule has 2 aromatic heterocycles. The number of benzene rings is 2. The predicted octanol–water partition coefficient (Wildman–Crippen LogP) is 5.60. The number of aryl methyl sites for hydroxylation is 1. The molecule has 0 saturated carbocycles. The van der Waals surface area contributed by atoms with E-state index in [4.69, 9.17) is 11.6 Å². The van der Waals surface area contributed by atoms with Crippen molar-refractivity contribution in [3.8, 4) is 11.3 Å². The Labute approximate surface area is 197 Å². The zero-order valence-electron chi connectivity index (χ0n) is 18.5. The summed E-state index contributed by atoms with van der Waals surface area (Å²) in [5.41, 5.74) is 3.12. The van der Waals surface area contributed by atoms with Gasteiger partial charge in [-0.15, -0.1) is 11.3 Å². The highest BCUT2D eigenvalue weighted by molar-refractivity contribution is 7.20. The Morgan fingerprint density at radius 2 is 1.91 bits per heavy atom. The molecule has 0 fully saturated rings. The number of hydrogen-bond donors (Lipinski definition) is 1. The molecule has 5 nitrogen and oxygen atoms in total. The van der Waals surface area contributed by atoms with E-state index in [1.807, 2.05) is 48.1 Å². The van der Waals surface area contributed by atoms with Gasteiger partial charge in [-0.25, -0.2) is 0 Å². The second kappa shape index (κ2) is 9.86. The van der Waals surface area contributed by atoms with Crippen molar-refractivity contribution in [2.75, 3.05) is 13.6 Å². The minimum Gasteiger partial charge on any atom is -0.347 e. The molecule has 0 bridgehead atoms. The third-order valence-electron chi connectivity index (χ3n) is 5.51. The van der Waals surface area contributed by atoms with Crippen LogP contribution in [0.3, 0.4) is 0 Å². The molecule has 166 valence electrons. The molecular formula is C25H27ClN4OS. The van der Waals surface area contributed by atoms with Crippen molar-refractivity contribution < 1.29 is 4.79 Å². The van der Waals surface area contributed by atoms with Gasteiger partial charge in [0.2, 0.25) is 0 Å². The maximum absolute atomic E-state index is 13.1. The van der Waals surface area contributed by atoms with Crippen LogP contribution in [0.25, 0.3) is 21.5 Å². The Hall–Kier alpha value is -2.67. The Morgan fingerprint density at radius 3 is 2.59 bits per heavy atom. The molecule has 0 aliphatic rings. The van der Waals surface area contributed by atoms with Crippen LogP contribution in [0.5, 0.6) is 0 Å². The van der Waals surface area contributed by atoms with Gasteiger partial charge in [0.05, 0.1) is 4.88 Å². The Bertz CT molecular complexity index is 1200. The van der Waals surface area contributed by atoms with E-state index in [2.05, 4.69) is 53.6 Å². The molecule has 4 rings (SSSR count). The molecule has 1 atom stereocenters. The van der Waals surface area contributed by atoms with E-state index in [9.17, 15) is 4.79 Å². The van der Waals surface area contributed by atoms with Crippen LogP contribution in [0.15, 0.2) is 60.7 Å². The van der Waals surface area contributed by atoms with Gasteiger partial charge in [0, 0.05) is 42.2 Å². The van der Waals surface area contributed by atoms with Gasteiger partial charge in [-0.05, 0) is 37.2 Å². The molecular weight excluding hydrogens is 440 g/mol. The van der Waals surface area contributed by atoms with Gasteiger partial charge in [0.1, 0.15) is 10.5 Å². The molecule has 0 spiro atoms. The molecule has 0 aliphatic heterocycles. The van der Waals surface area contributed by atoms with Crippen molar-refractivity contribution in [2.45, 2.75) is 25.9 Å². The molecule has 1 unspecified atom stereocenters. The summed E-state index contributed by atoms with van der Waals surface area (Å²) in [6.45, 7) is 3.75. The van der Waals surface area contributed by atoms with E-state index in [1.54, 1.807) is 0 Å². The smallest absolute Gasteiger partial charge is 0.261 e. The van der Waals surface area contributed by atoms with Crippen LogP contribution >= 0.6 is 22.9 Å². The molecule has 2 heterocycles. The third kappa shape index (κ3) is 5.04. The quantitative estimate of drug-likeness (QED) is 0.368. The highest BCUT2D eigenvalue weighted by Gasteiger charge is 2.20. The fourth-order valence-corrected chi connectivity index (χ4v) is 4.94. The number of nitrogens with zero attached hydrogens (tertiary/aromatic N) is 3. The lowest BCUT2D eigenvalue weighted by atomic mass is 10.1. The molecule has 1 N–H and O–H groups in total. The number of hydrogen-bond acceptors (Lipinski definition) is 4. The maximum atomic E-state index is 13.1. The lowest BCUT2D eigenvalue weighted by molar-refractivity contribution is 0.0930. The van der Waals surface area contributed by atoms with Gasteiger partial charge in [-0.1, -0.05) is 61.0 Å². The molecule has 0 aliphatic carbocycles. The number of thiophene rings is 1. The average molecular weight is 467 g/mol. The van der Waals surface area contributed by atoms with Gasteiger partial charge in [-0.3, -0.25) is 9.48 Å². The van der Waals surface area contributed by atoms with Gasteiger partial charge < -0.3 is 10.2 Å². The molecule has 2 aromatic carbocycles. The summed E-state index contributed by atoms with van der Waals surface area (Å²) < 4.78 is 1.84. The summed E-state index contributed by atoms with van der Waals surface area (Å²) in [4.78, 5) is 17.0. The van der Waals surface area contributed by atoms with Crippen LogP contribution in [0.2, 0.25) is 5.02 Å². The van der Waals surface area contributed by atoms with Crippen LogP contribution in [0, 0.1) is 0 Å². The van der Waals surface area contributed by atoms with E-state index in [-0.39, 0.29) is 11.9 Å². The molecule has 0 saturated heterocycles. The van der Waals surface area contributed by atoms with Gasteiger partial charge >= 0.3 is 0 Å². The summed E-state index contributed by atoms with van der Waals surface area (Å²) in [5, 5.41) is 9.55. The molecule has 0 radical (unpaired) electrons. The van der Waals surface area contributed by atoms with Crippen molar-refractivity contribution in [3.05, 3.63) is 76.1 Å². The highest BCUT2D eigenvalue weighted by atomic mass is 35.5. The largest absolute Gasteiger partial charge is 0.347 e. The number of fused-ring (bicyclic) bond motifs is 1. The number of aromatic nitrogens is 2. The van der Waals surface area contributed by atoms with E-state index in [0.717, 1.165) is 41.0 Å². The zero-order valence-corrected chi connectivity index (χ0v) is 20.1. The molecule has 4 aromatic rings. The fourth-order valence-electron chi connectivity index (χ4n) is 3.84. The summed E-state index contributed by atoms with van der Waals surface area (Å²) in [6, 6.07) is 20.0. The summed E-state index contributed by atoms with van der Waals surface area (Å²) in [6.07, 6.45) is 0.868. The van der Waals surface area contributed by atoms with Crippen molar-refractivity contribution in [1.82, 2.24) is 20.0 Å². The summed E-state index contributed by atoms with van der Waals surface area (Å²) in [5.74, 6) is -0.0341. The number of carbonyl (C=O) groups excluding carboxylic acids is 1. The first-order chi connectivity index (χ1) is 15.4. The van der Waals surface area contributed by atoms with Crippen molar-refractivity contribution in [1.29, 1.82) is 0 Å². The lowest BCUT2D eigenvalue weighted by Crippen LogP contribution is -2.41. The van der Waals surface area contributed by atoms with Crippen LogP contribution < -0.4 is 5.32 Å². The van der Waals surface area contributed by atoms with Crippen molar-refractivity contribution in [2.24, 2.45) is 7.05 Å². The van der Waals surface area contributed by atoms with Crippen LogP contribution in [0.1, 0.15) is 28.6 Å². The van der Waals surface area contributed by atoms with Crippen molar-refractivity contribution in [3.63, 3.8) is 0 Å². The summed E-state index contributed by atoms with van der Waals surface area (Å²) >= 11 is 7.51. The summed E-state index contributed by atoms with van der Waals surface area (Å²) in [7, 11) is 4.00. The monoisotopic (exact) mass is 466 g/mol. The lowest BCUT2D eigenvalue weighted by Gasteiger charge is -2.24. The first kappa shape index (κ1) is 22.5. The van der Waals surface area contributed by atoms with Crippen LogP contribution in [-0.2, 0) is 13.6 Å². The highest BCUT2D eigenvalue weighted by Crippen LogP contribution is 2.34. The number of carbonyl (C=O) groups is 1. The van der Waals surface area contributed by atoms with Crippen LogP contribution in [0.4, 0.5) is 0 Å². The minimum absolute atomic E-state index is 0.0341.